The van der Waals surface area contributed by atoms with Gasteiger partial charge in [0, 0.05) is 0 Å². The van der Waals surface area contributed by atoms with Gasteiger partial charge in [0.25, 0.3) is 5.91 Å². The van der Waals surface area contributed by atoms with Crippen LogP contribution < -0.4 is 10.6 Å². The fourth-order valence-corrected chi connectivity index (χ4v) is 3.15. The third kappa shape index (κ3) is 1.82. The first-order chi connectivity index (χ1) is 9.15. The van der Waals surface area contributed by atoms with Gasteiger partial charge >= 0.3 is 6.03 Å². The van der Waals surface area contributed by atoms with Gasteiger partial charge in [-0.15, -0.1) is 0 Å². The molecule has 1 saturated heterocycles. The predicted molar refractivity (Wildman–Crippen MR) is 71.7 cm³/mol. The summed E-state index contributed by atoms with van der Waals surface area (Å²) in [6.07, 6.45) is 5.19. The van der Waals surface area contributed by atoms with E-state index in [-0.39, 0.29) is 5.91 Å². The Balaban J connectivity index is 2.05. The van der Waals surface area contributed by atoms with Crippen molar-refractivity contribution in [2.45, 2.75) is 44.6 Å². The van der Waals surface area contributed by atoms with Gasteiger partial charge in [-0.3, -0.25) is 10.1 Å². The number of benzene rings is 1. The molecule has 0 aromatic heterocycles. The Hall–Kier alpha value is -1.84. The first kappa shape index (κ1) is 12.2. The number of carbonyl (C=O) groups excluding carboxylic acids is 2. The van der Waals surface area contributed by atoms with Gasteiger partial charge in [0.1, 0.15) is 5.54 Å². The molecule has 1 heterocycles. The van der Waals surface area contributed by atoms with Crippen LogP contribution in [-0.2, 0) is 23.2 Å². The highest BCUT2D eigenvalue weighted by molar-refractivity contribution is 6.07. The lowest BCUT2D eigenvalue weighted by Gasteiger charge is -2.27. The zero-order valence-electron chi connectivity index (χ0n) is 11.1. The minimum Gasteiger partial charge on any atom is -0.319 e. The maximum Gasteiger partial charge on any atom is 0.322 e. The van der Waals surface area contributed by atoms with Crippen molar-refractivity contribution >= 4 is 11.9 Å². The lowest BCUT2D eigenvalue weighted by molar-refractivity contribution is -0.124. The summed E-state index contributed by atoms with van der Waals surface area (Å²) in [6, 6.07) is 5.80. The lowest BCUT2D eigenvalue weighted by atomic mass is 9.82. The first-order valence-electron chi connectivity index (χ1n) is 6.91. The molecule has 1 aromatic carbocycles. The lowest BCUT2D eigenvalue weighted by Crippen LogP contribution is -2.43. The maximum atomic E-state index is 12.1. The molecule has 1 aliphatic carbocycles. The standard InChI is InChI=1S/C15H18N2O2/c1-2-15(13(18)16-14(19)17-15)12-8-7-10-5-3-4-6-11(10)9-12/h7-9H,2-6H2,1H3,(H2,16,17,18,19). The summed E-state index contributed by atoms with van der Waals surface area (Å²) < 4.78 is 0. The van der Waals surface area contributed by atoms with Gasteiger partial charge in [-0.25, -0.2) is 4.79 Å². The second-order valence-electron chi connectivity index (χ2n) is 5.36. The van der Waals surface area contributed by atoms with Crippen LogP contribution in [0.25, 0.3) is 0 Å². The number of hydrogen-bond acceptors (Lipinski definition) is 2. The number of rotatable bonds is 2. The van der Waals surface area contributed by atoms with Gasteiger partial charge in [-0.2, -0.15) is 0 Å². The molecule has 1 aromatic rings. The molecule has 4 heteroatoms. The van der Waals surface area contributed by atoms with Crippen LogP contribution in [0.1, 0.15) is 42.9 Å². The zero-order chi connectivity index (χ0) is 13.5. The molecular formula is C15H18N2O2. The Morgan fingerprint density at radius 2 is 1.89 bits per heavy atom. The Bertz CT molecular complexity index is 553. The number of urea groups is 1. The highest BCUT2D eigenvalue weighted by Crippen LogP contribution is 2.32. The Morgan fingerprint density at radius 1 is 1.16 bits per heavy atom. The summed E-state index contributed by atoms with van der Waals surface area (Å²) in [7, 11) is 0. The van der Waals surface area contributed by atoms with Crippen molar-refractivity contribution in [3.63, 3.8) is 0 Å². The number of carbonyl (C=O) groups is 2. The predicted octanol–water partition coefficient (Wildman–Crippen LogP) is 2.01. The molecule has 19 heavy (non-hydrogen) atoms. The van der Waals surface area contributed by atoms with Gasteiger partial charge in [-0.1, -0.05) is 25.1 Å². The van der Waals surface area contributed by atoms with E-state index in [9.17, 15) is 9.59 Å². The smallest absolute Gasteiger partial charge is 0.319 e. The quantitative estimate of drug-likeness (QED) is 0.797. The van der Waals surface area contributed by atoms with E-state index in [4.69, 9.17) is 0 Å². The second kappa shape index (κ2) is 4.37. The number of amides is 3. The van der Waals surface area contributed by atoms with Crippen LogP contribution in [0.2, 0.25) is 0 Å². The van der Waals surface area contributed by atoms with Gasteiger partial charge < -0.3 is 5.32 Å². The van der Waals surface area contributed by atoms with Crippen molar-refractivity contribution in [3.05, 3.63) is 34.9 Å². The fraction of sp³-hybridized carbons (Fsp3) is 0.467. The van der Waals surface area contributed by atoms with Crippen LogP contribution in [0.4, 0.5) is 4.79 Å². The highest BCUT2D eigenvalue weighted by Gasteiger charge is 2.46. The number of aryl methyl sites for hydroxylation is 2. The molecule has 2 N–H and O–H groups in total. The van der Waals surface area contributed by atoms with Crippen molar-refractivity contribution in [1.82, 2.24) is 10.6 Å². The average Bonchev–Trinajstić information content (AvgIpc) is 2.73. The number of hydrogen-bond donors (Lipinski definition) is 2. The van der Waals surface area contributed by atoms with E-state index in [0.717, 1.165) is 18.4 Å². The number of imide groups is 1. The summed E-state index contributed by atoms with van der Waals surface area (Å²) in [4.78, 5) is 23.6. The van der Waals surface area contributed by atoms with E-state index in [1.54, 1.807) is 0 Å². The van der Waals surface area contributed by atoms with Crippen molar-refractivity contribution in [3.8, 4) is 0 Å². The average molecular weight is 258 g/mol. The second-order valence-corrected chi connectivity index (χ2v) is 5.36. The Labute approximate surface area is 112 Å². The third-order valence-electron chi connectivity index (χ3n) is 4.31. The number of fused-ring (bicyclic) bond motifs is 1. The van der Waals surface area contributed by atoms with E-state index in [2.05, 4.69) is 22.8 Å². The van der Waals surface area contributed by atoms with Gasteiger partial charge in [0.15, 0.2) is 0 Å². The van der Waals surface area contributed by atoms with E-state index >= 15 is 0 Å². The maximum absolute atomic E-state index is 12.1. The minimum absolute atomic E-state index is 0.240. The van der Waals surface area contributed by atoms with Gasteiger partial charge in [0.05, 0.1) is 0 Å². The van der Waals surface area contributed by atoms with Crippen molar-refractivity contribution in [2.75, 3.05) is 0 Å². The first-order valence-corrected chi connectivity index (χ1v) is 6.91. The molecule has 4 nitrogen and oxygen atoms in total. The number of nitrogens with one attached hydrogen (secondary N) is 2. The molecule has 1 fully saturated rings. The third-order valence-corrected chi connectivity index (χ3v) is 4.31. The molecule has 1 atom stereocenters. The molecule has 3 amide bonds. The molecule has 100 valence electrons. The Kier molecular flexibility index (Phi) is 2.81. The zero-order valence-corrected chi connectivity index (χ0v) is 11.1. The summed E-state index contributed by atoms with van der Waals surface area (Å²) in [5, 5.41) is 5.14. The monoisotopic (exact) mass is 258 g/mol. The topological polar surface area (TPSA) is 58.2 Å². The van der Waals surface area contributed by atoms with Crippen LogP contribution in [0.5, 0.6) is 0 Å². The normalized spacial score (nSPS) is 25.7. The summed E-state index contributed by atoms with van der Waals surface area (Å²) in [5.74, 6) is -0.240. The molecule has 1 unspecified atom stereocenters. The summed E-state index contributed by atoms with van der Waals surface area (Å²) in [5.41, 5.74) is 2.72. The molecule has 1 aliphatic heterocycles. The van der Waals surface area contributed by atoms with E-state index in [1.807, 2.05) is 13.0 Å². The molecule has 0 radical (unpaired) electrons. The van der Waals surface area contributed by atoms with Crippen LogP contribution in [0.3, 0.4) is 0 Å². The molecule has 0 saturated carbocycles. The molecule has 0 bridgehead atoms. The van der Waals surface area contributed by atoms with Gasteiger partial charge in [-0.05, 0) is 48.8 Å². The van der Waals surface area contributed by atoms with E-state index in [1.165, 1.54) is 24.0 Å². The minimum atomic E-state index is -0.885. The SMILES string of the molecule is CCC1(c2ccc3c(c2)CCCC3)NC(=O)NC1=O. The molecular weight excluding hydrogens is 240 g/mol. The molecule has 0 spiro atoms. The fourth-order valence-electron chi connectivity index (χ4n) is 3.15. The highest BCUT2D eigenvalue weighted by atomic mass is 16.2. The van der Waals surface area contributed by atoms with Gasteiger partial charge in [0.2, 0.25) is 0 Å². The molecule has 3 rings (SSSR count). The van der Waals surface area contributed by atoms with Crippen LogP contribution in [0.15, 0.2) is 18.2 Å². The van der Waals surface area contributed by atoms with E-state index in [0.29, 0.717) is 6.42 Å². The Morgan fingerprint density at radius 3 is 2.53 bits per heavy atom. The van der Waals surface area contributed by atoms with E-state index < -0.39 is 11.6 Å². The van der Waals surface area contributed by atoms with Crippen molar-refractivity contribution in [2.24, 2.45) is 0 Å². The van der Waals surface area contributed by atoms with Crippen LogP contribution in [-0.4, -0.2) is 11.9 Å². The summed E-state index contributed by atoms with van der Waals surface area (Å²) >= 11 is 0. The van der Waals surface area contributed by atoms with Crippen LogP contribution >= 0.6 is 0 Å². The molecule has 2 aliphatic rings. The largest absolute Gasteiger partial charge is 0.322 e. The van der Waals surface area contributed by atoms with Crippen molar-refractivity contribution < 1.29 is 9.59 Å². The van der Waals surface area contributed by atoms with Crippen molar-refractivity contribution in [1.29, 1.82) is 0 Å². The van der Waals surface area contributed by atoms with Crippen LogP contribution in [0, 0.1) is 0 Å². The summed E-state index contributed by atoms with van der Waals surface area (Å²) in [6.45, 7) is 1.92.